The molecule has 0 amide bonds. The molecule has 1 aromatic carbocycles. The monoisotopic (exact) mass is 274 g/mol. The van der Waals surface area contributed by atoms with Crippen molar-refractivity contribution in [3.63, 3.8) is 0 Å². The summed E-state index contributed by atoms with van der Waals surface area (Å²) in [7, 11) is 0. The van der Waals surface area contributed by atoms with Crippen molar-refractivity contribution in [2.75, 3.05) is 0 Å². The Balaban J connectivity index is 1.77. The van der Waals surface area contributed by atoms with Crippen molar-refractivity contribution in [3.05, 3.63) is 35.9 Å². The highest BCUT2D eigenvalue weighted by Crippen LogP contribution is 2.34. The number of benzene rings is 1. The molecule has 2 heteroatoms. The summed E-state index contributed by atoms with van der Waals surface area (Å²) in [5.41, 5.74) is 4.51. The van der Waals surface area contributed by atoms with Crippen LogP contribution in [0, 0.1) is 11.8 Å². The first-order valence-corrected chi connectivity index (χ1v) is 8.33. The molecule has 0 aromatic heterocycles. The quantitative estimate of drug-likeness (QED) is 0.581. The van der Waals surface area contributed by atoms with Crippen molar-refractivity contribution in [2.24, 2.45) is 17.7 Å². The van der Waals surface area contributed by atoms with E-state index >= 15 is 0 Å². The zero-order chi connectivity index (χ0) is 14.2. The Hall–Kier alpha value is -0.860. The fourth-order valence-electron chi connectivity index (χ4n) is 3.71. The number of hydrogen-bond donors (Lipinski definition) is 2. The first-order valence-electron chi connectivity index (χ1n) is 8.33. The zero-order valence-corrected chi connectivity index (χ0v) is 12.9. The maximum Gasteiger partial charge on any atom is 0.0241 e. The molecule has 1 saturated carbocycles. The number of hydrogen-bond acceptors (Lipinski definition) is 2. The molecular formula is C18H30N2. The Morgan fingerprint density at radius 2 is 1.85 bits per heavy atom. The molecule has 0 radical (unpaired) electrons. The smallest absolute Gasteiger partial charge is 0.0241 e. The first kappa shape index (κ1) is 15.5. The Kier molecular flexibility index (Phi) is 6.55. The summed E-state index contributed by atoms with van der Waals surface area (Å²) in [6, 6.07) is 11.2. The lowest BCUT2D eigenvalue weighted by atomic mass is 9.76. The highest BCUT2D eigenvalue weighted by atomic mass is 15.2. The van der Waals surface area contributed by atoms with Crippen molar-refractivity contribution in [1.82, 2.24) is 5.43 Å². The molecule has 1 unspecified atom stereocenters. The minimum atomic E-state index is 0.484. The molecule has 1 aliphatic rings. The van der Waals surface area contributed by atoms with E-state index in [2.05, 4.69) is 42.7 Å². The van der Waals surface area contributed by atoms with Gasteiger partial charge in [-0.25, -0.2) is 0 Å². The van der Waals surface area contributed by atoms with Gasteiger partial charge in [0, 0.05) is 6.04 Å². The molecular weight excluding hydrogens is 244 g/mol. The van der Waals surface area contributed by atoms with Crippen LogP contribution in [-0.4, -0.2) is 6.04 Å². The molecule has 0 bridgehead atoms. The van der Waals surface area contributed by atoms with Gasteiger partial charge in [-0.3, -0.25) is 11.3 Å². The van der Waals surface area contributed by atoms with Crippen LogP contribution in [0.25, 0.3) is 0 Å². The fraction of sp³-hybridized carbons (Fsp3) is 0.667. The van der Waals surface area contributed by atoms with Crippen molar-refractivity contribution >= 4 is 0 Å². The predicted molar refractivity (Wildman–Crippen MR) is 86.2 cm³/mol. The van der Waals surface area contributed by atoms with Gasteiger partial charge in [0.2, 0.25) is 0 Å². The standard InChI is InChI=1S/C18H30N2/c1-2-6-15-9-12-17(13-10-15)18(20-19)14-11-16-7-4-3-5-8-16/h3-5,7-8,15,17-18,20H,2,6,9-14,19H2,1H3. The van der Waals surface area contributed by atoms with E-state index in [1.165, 1.54) is 44.1 Å². The molecule has 20 heavy (non-hydrogen) atoms. The van der Waals surface area contributed by atoms with E-state index in [0.29, 0.717) is 6.04 Å². The van der Waals surface area contributed by atoms with E-state index in [4.69, 9.17) is 5.84 Å². The highest BCUT2D eigenvalue weighted by Gasteiger charge is 2.26. The minimum absolute atomic E-state index is 0.484. The third kappa shape index (κ3) is 4.60. The molecule has 2 rings (SSSR count). The van der Waals surface area contributed by atoms with Crippen molar-refractivity contribution in [2.45, 2.75) is 64.3 Å². The number of nitrogens with two attached hydrogens (primary N) is 1. The normalized spacial score (nSPS) is 24.5. The summed E-state index contributed by atoms with van der Waals surface area (Å²) in [5.74, 6) is 7.56. The summed E-state index contributed by atoms with van der Waals surface area (Å²) in [4.78, 5) is 0. The molecule has 0 saturated heterocycles. The van der Waals surface area contributed by atoms with E-state index in [1.807, 2.05) is 0 Å². The van der Waals surface area contributed by atoms with Crippen molar-refractivity contribution < 1.29 is 0 Å². The van der Waals surface area contributed by atoms with Crippen LogP contribution in [0.5, 0.6) is 0 Å². The van der Waals surface area contributed by atoms with Crippen LogP contribution in [0.2, 0.25) is 0 Å². The van der Waals surface area contributed by atoms with E-state index in [0.717, 1.165) is 24.7 Å². The maximum absolute atomic E-state index is 5.81. The summed E-state index contributed by atoms with van der Waals surface area (Å²) >= 11 is 0. The SMILES string of the molecule is CCCC1CCC(C(CCc2ccccc2)NN)CC1. The molecule has 112 valence electrons. The van der Waals surface area contributed by atoms with Gasteiger partial charge in [0.15, 0.2) is 0 Å². The van der Waals surface area contributed by atoms with Gasteiger partial charge in [0.1, 0.15) is 0 Å². The molecule has 3 N–H and O–H groups in total. The lowest BCUT2D eigenvalue weighted by Crippen LogP contribution is -2.42. The van der Waals surface area contributed by atoms with Crippen LogP contribution in [0.3, 0.4) is 0 Å². The highest BCUT2D eigenvalue weighted by molar-refractivity contribution is 5.14. The molecule has 0 heterocycles. The second kappa shape index (κ2) is 8.43. The summed E-state index contributed by atoms with van der Waals surface area (Å²) in [6.45, 7) is 2.30. The largest absolute Gasteiger partial charge is 0.271 e. The first-order chi connectivity index (χ1) is 9.83. The molecule has 2 nitrogen and oxygen atoms in total. The average molecular weight is 274 g/mol. The van der Waals surface area contributed by atoms with Crippen LogP contribution in [0.15, 0.2) is 30.3 Å². The Labute approximate surface area is 124 Å². The van der Waals surface area contributed by atoms with Gasteiger partial charge in [-0.2, -0.15) is 0 Å². The Bertz CT molecular complexity index is 355. The van der Waals surface area contributed by atoms with Crippen LogP contribution in [-0.2, 0) is 6.42 Å². The third-order valence-corrected chi connectivity index (χ3v) is 4.96. The van der Waals surface area contributed by atoms with Crippen LogP contribution in [0.1, 0.15) is 57.4 Å². The van der Waals surface area contributed by atoms with E-state index in [1.54, 1.807) is 0 Å². The van der Waals surface area contributed by atoms with Crippen LogP contribution >= 0.6 is 0 Å². The molecule has 1 aromatic rings. The topological polar surface area (TPSA) is 38.0 Å². The van der Waals surface area contributed by atoms with Crippen molar-refractivity contribution in [1.29, 1.82) is 0 Å². The maximum atomic E-state index is 5.81. The number of hydrazine groups is 1. The fourth-order valence-corrected chi connectivity index (χ4v) is 3.71. The van der Waals surface area contributed by atoms with E-state index in [-0.39, 0.29) is 0 Å². The van der Waals surface area contributed by atoms with Gasteiger partial charge >= 0.3 is 0 Å². The summed E-state index contributed by atoms with van der Waals surface area (Å²) in [6.07, 6.45) is 10.6. The lowest BCUT2D eigenvalue weighted by molar-refractivity contribution is 0.208. The number of rotatable bonds is 7. The molecule has 1 fully saturated rings. The molecule has 0 aliphatic heterocycles. The molecule has 1 aliphatic carbocycles. The minimum Gasteiger partial charge on any atom is -0.271 e. The number of aryl methyl sites for hydroxylation is 1. The average Bonchev–Trinajstić information content (AvgIpc) is 2.51. The van der Waals surface area contributed by atoms with Crippen molar-refractivity contribution in [3.8, 4) is 0 Å². The van der Waals surface area contributed by atoms with Crippen LogP contribution in [0.4, 0.5) is 0 Å². The van der Waals surface area contributed by atoms with Gasteiger partial charge < -0.3 is 0 Å². The van der Waals surface area contributed by atoms with Gasteiger partial charge in [0.25, 0.3) is 0 Å². The predicted octanol–water partition coefficient (Wildman–Crippen LogP) is 4.06. The van der Waals surface area contributed by atoms with E-state index in [9.17, 15) is 0 Å². The molecule has 0 spiro atoms. The lowest BCUT2D eigenvalue weighted by Gasteiger charge is -2.33. The Morgan fingerprint density at radius 3 is 2.45 bits per heavy atom. The van der Waals surface area contributed by atoms with E-state index < -0.39 is 0 Å². The van der Waals surface area contributed by atoms with Gasteiger partial charge in [0.05, 0.1) is 0 Å². The third-order valence-electron chi connectivity index (χ3n) is 4.96. The second-order valence-electron chi connectivity index (χ2n) is 6.37. The Morgan fingerprint density at radius 1 is 1.15 bits per heavy atom. The van der Waals surface area contributed by atoms with Crippen LogP contribution < -0.4 is 11.3 Å². The van der Waals surface area contributed by atoms with Gasteiger partial charge in [-0.05, 0) is 43.1 Å². The number of nitrogens with one attached hydrogen (secondary N) is 1. The van der Waals surface area contributed by atoms with Gasteiger partial charge in [-0.1, -0.05) is 62.9 Å². The summed E-state index contributed by atoms with van der Waals surface area (Å²) < 4.78 is 0. The van der Waals surface area contributed by atoms with Gasteiger partial charge in [-0.15, -0.1) is 0 Å². The zero-order valence-electron chi connectivity index (χ0n) is 12.9. The summed E-state index contributed by atoms with van der Waals surface area (Å²) in [5, 5.41) is 0. The molecule has 1 atom stereocenters. The second-order valence-corrected chi connectivity index (χ2v) is 6.37.